The first-order valence-electron chi connectivity index (χ1n) is 11.3. The Balaban J connectivity index is 1.32. The smallest absolute Gasteiger partial charge is 0.374 e. The second kappa shape index (κ2) is 11.2. The third-order valence-corrected chi connectivity index (χ3v) is 5.46. The van der Waals surface area contributed by atoms with E-state index >= 15 is 0 Å². The van der Waals surface area contributed by atoms with Gasteiger partial charge in [0.2, 0.25) is 5.76 Å². The van der Waals surface area contributed by atoms with Gasteiger partial charge in [-0.15, -0.1) is 0 Å². The lowest BCUT2D eigenvalue weighted by molar-refractivity contribution is 0.0565. The van der Waals surface area contributed by atoms with Gasteiger partial charge in [-0.3, -0.25) is 9.59 Å². The zero-order valence-corrected chi connectivity index (χ0v) is 19.3. The predicted octanol–water partition coefficient (Wildman–Crippen LogP) is 5.23. The first-order chi connectivity index (χ1) is 17.0. The molecule has 7 nitrogen and oxygen atoms in total. The van der Waals surface area contributed by atoms with Crippen LogP contribution in [0.2, 0.25) is 0 Å². The molecule has 1 amide bonds. The maximum atomic E-state index is 12.6. The number of ether oxygens (including phenoxy) is 2. The summed E-state index contributed by atoms with van der Waals surface area (Å²) in [5.41, 5.74) is 2.02. The summed E-state index contributed by atoms with van der Waals surface area (Å²) >= 11 is 0. The van der Waals surface area contributed by atoms with Crippen LogP contribution in [0.3, 0.4) is 0 Å². The molecule has 4 aromatic rings. The van der Waals surface area contributed by atoms with Crippen molar-refractivity contribution in [3.8, 4) is 5.75 Å². The topological polar surface area (TPSA) is 94.8 Å². The maximum Gasteiger partial charge on any atom is 0.374 e. The molecule has 35 heavy (non-hydrogen) atoms. The van der Waals surface area contributed by atoms with Gasteiger partial charge in [0.15, 0.2) is 5.43 Å². The zero-order chi connectivity index (χ0) is 24.6. The molecule has 4 rings (SSSR count). The molecule has 0 unspecified atom stereocenters. The molecule has 0 spiro atoms. The molecule has 3 aromatic carbocycles. The average molecular weight is 472 g/mol. The van der Waals surface area contributed by atoms with Crippen LogP contribution < -0.4 is 15.5 Å². The van der Waals surface area contributed by atoms with Crippen LogP contribution in [0.25, 0.3) is 11.0 Å². The molecule has 0 saturated carbocycles. The van der Waals surface area contributed by atoms with Crippen LogP contribution in [-0.2, 0) is 11.2 Å². The van der Waals surface area contributed by atoms with Crippen molar-refractivity contribution in [3.05, 3.63) is 106 Å². The minimum atomic E-state index is -0.735. The second-order valence-corrected chi connectivity index (χ2v) is 7.95. The van der Waals surface area contributed by atoms with E-state index < -0.39 is 11.4 Å². The summed E-state index contributed by atoms with van der Waals surface area (Å²) < 4.78 is 15.8. The van der Waals surface area contributed by atoms with E-state index in [-0.39, 0.29) is 22.6 Å². The van der Waals surface area contributed by atoms with Crippen molar-refractivity contribution >= 4 is 28.5 Å². The van der Waals surface area contributed by atoms with Gasteiger partial charge in [0, 0.05) is 17.3 Å². The van der Waals surface area contributed by atoms with Crippen LogP contribution in [0, 0.1) is 0 Å². The van der Waals surface area contributed by atoms with Gasteiger partial charge in [0.05, 0.1) is 19.1 Å². The molecule has 0 atom stereocenters. The molecular weight excluding hydrogens is 446 g/mol. The third-order valence-electron chi connectivity index (χ3n) is 5.46. The van der Waals surface area contributed by atoms with Crippen LogP contribution >= 0.6 is 0 Å². The molecule has 7 heteroatoms. The SMILES string of the molecule is COC(=O)c1cc(=O)c2cc(NC(=O)c3ccc(OCCCCc4ccccc4)cc3)ccc2o1. The summed E-state index contributed by atoms with van der Waals surface area (Å²) in [6.07, 6.45) is 3.00. The van der Waals surface area contributed by atoms with Crippen molar-refractivity contribution in [3.63, 3.8) is 0 Å². The predicted molar refractivity (Wildman–Crippen MR) is 133 cm³/mol. The number of unbranched alkanes of at least 4 members (excludes halogenated alkanes) is 1. The van der Waals surface area contributed by atoms with E-state index in [0.717, 1.165) is 25.3 Å². The van der Waals surface area contributed by atoms with Gasteiger partial charge in [0.25, 0.3) is 5.91 Å². The van der Waals surface area contributed by atoms with E-state index in [2.05, 4.69) is 22.2 Å². The first-order valence-corrected chi connectivity index (χ1v) is 11.3. The number of aryl methyl sites for hydroxylation is 1. The lowest BCUT2D eigenvalue weighted by atomic mass is 10.1. The fraction of sp³-hybridized carbons (Fsp3) is 0.179. The summed E-state index contributed by atoms with van der Waals surface area (Å²) in [6.45, 7) is 0.607. The highest BCUT2D eigenvalue weighted by Crippen LogP contribution is 2.20. The Morgan fingerprint density at radius 1 is 0.914 bits per heavy atom. The fourth-order valence-corrected chi connectivity index (χ4v) is 3.61. The number of rotatable bonds is 9. The Kier molecular flexibility index (Phi) is 7.57. The number of esters is 1. The van der Waals surface area contributed by atoms with Crippen molar-refractivity contribution < 1.29 is 23.5 Å². The molecule has 0 aliphatic heterocycles. The second-order valence-electron chi connectivity index (χ2n) is 7.95. The minimum absolute atomic E-state index is 0.180. The zero-order valence-electron chi connectivity index (χ0n) is 19.3. The van der Waals surface area contributed by atoms with E-state index in [1.165, 1.54) is 24.8 Å². The Labute approximate surface area is 202 Å². The summed E-state index contributed by atoms with van der Waals surface area (Å²) in [5, 5.41) is 3.01. The molecule has 1 aromatic heterocycles. The van der Waals surface area contributed by atoms with Gasteiger partial charge in [-0.2, -0.15) is 0 Å². The summed E-state index contributed by atoms with van der Waals surface area (Å²) in [7, 11) is 1.21. The molecule has 0 aliphatic rings. The molecular formula is C28H25NO6. The Bertz CT molecular complexity index is 1380. The van der Waals surface area contributed by atoms with Gasteiger partial charge >= 0.3 is 5.97 Å². The van der Waals surface area contributed by atoms with Crippen LogP contribution in [0.5, 0.6) is 5.75 Å². The third kappa shape index (κ3) is 6.14. The van der Waals surface area contributed by atoms with E-state index in [9.17, 15) is 14.4 Å². The molecule has 0 saturated heterocycles. The number of anilines is 1. The summed E-state index contributed by atoms with van der Waals surface area (Å²) in [5.74, 6) is -0.540. The Morgan fingerprint density at radius 2 is 1.69 bits per heavy atom. The lowest BCUT2D eigenvalue weighted by Gasteiger charge is -2.09. The fourth-order valence-electron chi connectivity index (χ4n) is 3.61. The van der Waals surface area contributed by atoms with Crippen LogP contribution in [0.1, 0.15) is 39.3 Å². The van der Waals surface area contributed by atoms with Crippen LogP contribution in [0.15, 0.2) is 88.1 Å². The molecule has 1 heterocycles. The monoisotopic (exact) mass is 471 g/mol. The van der Waals surface area contributed by atoms with Crippen molar-refractivity contribution in [1.82, 2.24) is 0 Å². The summed E-state index contributed by atoms with van der Waals surface area (Å²) in [4.78, 5) is 36.6. The number of benzene rings is 3. The summed E-state index contributed by atoms with van der Waals surface area (Å²) in [6, 6.07) is 22.9. The number of hydrogen-bond donors (Lipinski definition) is 1. The van der Waals surface area contributed by atoms with Crippen LogP contribution in [0.4, 0.5) is 5.69 Å². The van der Waals surface area contributed by atoms with Gasteiger partial charge in [-0.05, 0) is 67.3 Å². The van der Waals surface area contributed by atoms with Crippen molar-refractivity contribution in [2.45, 2.75) is 19.3 Å². The Morgan fingerprint density at radius 3 is 2.43 bits per heavy atom. The largest absolute Gasteiger partial charge is 0.494 e. The number of hydrogen-bond acceptors (Lipinski definition) is 6. The molecule has 0 bridgehead atoms. The van der Waals surface area contributed by atoms with Crippen LogP contribution in [-0.4, -0.2) is 25.6 Å². The van der Waals surface area contributed by atoms with E-state index in [1.54, 1.807) is 30.3 Å². The van der Waals surface area contributed by atoms with E-state index in [1.807, 2.05) is 18.2 Å². The minimum Gasteiger partial charge on any atom is -0.494 e. The highest BCUT2D eigenvalue weighted by atomic mass is 16.5. The van der Waals surface area contributed by atoms with Gasteiger partial charge in [-0.1, -0.05) is 30.3 Å². The van der Waals surface area contributed by atoms with Crippen molar-refractivity contribution in [1.29, 1.82) is 0 Å². The average Bonchev–Trinajstić information content (AvgIpc) is 2.89. The quantitative estimate of drug-likeness (QED) is 0.265. The van der Waals surface area contributed by atoms with E-state index in [4.69, 9.17) is 9.15 Å². The first kappa shape index (κ1) is 23.8. The number of carbonyl (C=O) groups excluding carboxylic acids is 2. The molecule has 0 aliphatic carbocycles. The number of nitrogens with one attached hydrogen (secondary N) is 1. The number of methoxy groups -OCH3 is 1. The number of fused-ring (bicyclic) bond motifs is 1. The molecule has 1 N–H and O–H groups in total. The Hall–Kier alpha value is -4.39. The number of carbonyl (C=O) groups is 2. The normalized spacial score (nSPS) is 10.7. The molecule has 0 radical (unpaired) electrons. The molecule has 178 valence electrons. The maximum absolute atomic E-state index is 12.6. The highest BCUT2D eigenvalue weighted by Gasteiger charge is 2.14. The molecule has 0 fully saturated rings. The van der Waals surface area contributed by atoms with Gasteiger partial charge in [0.1, 0.15) is 11.3 Å². The van der Waals surface area contributed by atoms with Crippen molar-refractivity contribution in [2.24, 2.45) is 0 Å². The van der Waals surface area contributed by atoms with Gasteiger partial charge < -0.3 is 19.2 Å². The highest BCUT2D eigenvalue weighted by molar-refractivity contribution is 6.05. The van der Waals surface area contributed by atoms with Crippen molar-refractivity contribution in [2.75, 3.05) is 19.0 Å². The van der Waals surface area contributed by atoms with E-state index in [0.29, 0.717) is 23.6 Å². The number of amides is 1. The van der Waals surface area contributed by atoms with Gasteiger partial charge in [-0.25, -0.2) is 4.79 Å². The lowest BCUT2D eigenvalue weighted by Crippen LogP contribution is -2.13. The standard InChI is InChI=1S/C28H25NO6/c1-33-28(32)26-18-24(30)23-17-21(12-15-25(23)35-26)29-27(31)20-10-13-22(14-11-20)34-16-6-5-9-19-7-3-2-4-8-19/h2-4,7-8,10-15,17-18H,5-6,9,16H2,1H3,(H,29,31).